The third kappa shape index (κ3) is 15.6. The van der Waals surface area contributed by atoms with Crippen LogP contribution in [0.1, 0.15) is 117 Å². The highest BCUT2D eigenvalue weighted by Crippen LogP contribution is 2.44. The molecule has 1 fully saturated rings. The highest BCUT2D eigenvalue weighted by molar-refractivity contribution is 7.45. The van der Waals surface area contributed by atoms with Crippen molar-refractivity contribution in [3.63, 3.8) is 0 Å². The molecule has 5 nitrogen and oxygen atoms in total. The third-order valence-electron chi connectivity index (χ3n) is 6.55. The van der Waals surface area contributed by atoms with Gasteiger partial charge >= 0.3 is 0 Å². The van der Waals surface area contributed by atoms with Crippen LogP contribution in [0.3, 0.4) is 0 Å². The van der Waals surface area contributed by atoms with E-state index in [1.165, 1.54) is 44.9 Å². The Bertz CT molecular complexity index is 538. The van der Waals surface area contributed by atoms with Crippen LogP contribution in [0.25, 0.3) is 0 Å². The first-order chi connectivity index (χ1) is 15.3. The molecule has 0 aromatic carbocycles. The van der Waals surface area contributed by atoms with Crippen LogP contribution in [0, 0.1) is 0 Å². The summed E-state index contributed by atoms with van der Waals surface area (Å²) in [5, 5.41) is 0. The van der Waals surface area contributed by atoms with E-state index in [4.69, 9.17) is 9.05 Å². The van der Waals surface area contributed by atoms with Gasteiger partial charge in [0.2, 0.25) is 0 Å². The Morgan fingerprint density at radius 3 is 2.25 bits per heavy atom. The van der Waals surface area contributed by atoms with Crippen molar-refractivity contribution in [1.82, 2.24) is 0 Å². The van der Waals surface area contributed by atoms with Crippen molar-refractivity contribution in [1.29, 1.82) is 0 Å². The van der Waals surface area contributed by atoms with E-state index in [1.54, 1.807) is 0 Å². The van der Waals surface area contributed by atoms with Crippen LogP contribution in [-0.2, 0) is 13.6 Å². The zero-order valence-corrected chi connectivity index (χ0v) is 22.5. The monoisotopic (exact) mass is 473 g/mol. The summed E-state index contributed by atoms with van der Waals surface area (Å²) in [7, 11) is 0.119. The maximum Gasteiger partial charge on any atom is 0.268 e. The fraction of sp³-hybridized carbons (Fsp3) is 0.923. The molecule has 3 atom stereocenters. The van der Waals surface area contributed by atoms with Gasteiger partial charge in [-0.05, 0) is 51.4 Å². The molecule has 0 aliphatic carbocycles. The standard InChI is InChI=1S/C26H52NO4P/c1-5-7-8-9-10-11-12-13-14-15-16-17-20-25(19-6-2)30-32(28,29)31-26-21-18-23-27(3,4)24-22-26/h13-14,25-26H,5-12,15-24H2,1-4H3/b14-13-. The zero-order chi connectivity index (χ0) is 23.7. The topological polar surface area (TPSA) is 58.6 Å². The van der Waals surface area contributed by atoms with Gasteiger partial charge in [-0.15, -0.1) is 0 Å². The Balaban J connectivity index is 2.23. The fourth-order valence-electron chi connectivity index (χ4n) is 4.48. The van der Waals surface area contributed by atoms with E-state index in [0.29, 0.717) is 0 Å². The van der Waals surface area contributed by atoms with Gasteiger partial charge in [-0.25, -0.2) is 0 Å². The molecule has 1 aliphatic heterocycles. The Morgan fingerprint density at radius 2 is 1.56 bits per heavy atom. The van der Waals surface area contributed by atoms with E-state index >= 15 is 0 Å². The fourth-order valence-corrected chi connectivity index (χ4v) is 5.68. The lowest BCUT2D eigenvalue weighted by molar-refractivity contribution is -0.889. The minimum Gasteiger partial charge on any atom is -0.756 e. The van der Waals surface area contributed by atoms with Gasteiger partial charge in [-0.2, -0.15) is 0 Å². The molecule has 0 radical (unpaired) electrons. The molecule has 32 heavy (non-hydrogen) atoms. The van der Waals surface area contributed by atoms with Gasteiger partial charge in [0, 0.05) is 6.42 Å². The Hall–Kier alpha value is -0.190. The molecule has 1 heterocycles. The number of likely N-dealkylation sites (tertiary alicyclic amines) is 1. The number of phosphoric ester groups is 1. The number of rotatable bonds is 18. The second-order valence-corrected chi connectivity index (χ2v) is 11.6. The third-order valence-corrected chi connectivity index (χ3v) is 7.66. The van der Waals surface area contributed by atoms with Gasteiger partial charge in [0.25, 0.3) is 7.82 Å². The zero-order valence-electron chi connectivity index (χ0n) is 21.6. The van der Waals surface area contributed by atoms with Crippen LogP contribution in [0.2, 0.25) is 0 Å². The summed E-state index contributed by atoms with van der Waals surface area (Å²) in [4.78, 5) is 12.5. The van der Waals surface area contributed by atoms with Gasteiger partial charge in [0.1, 0.15) is 0 Å². The molecule has 0 N–H and O–H groups in total. The average Bonchev–Trinajstić information content (AvgIpc) is 2.88. The maximum atomic E-state index is 12.5. The SMILES string of the molecule is CCCCCCCC/C=C\CCCCC(CCC)OP(=O)([O-])OC1CCC[N+](C)(C)CC1. The molecule has 6 heteroatoms. The minimum absolute atomic E-state index is 0.239. The van der Waals surface area contributed by atoms with E-state index in [9.17, 15) is 9.46 Å². The lowest BCUT2D eigenvalue weighted by atomic mass is 10.1. The quantitative estimate of drug-likeness (QED) is 0.0917. The summed E-state index contributed by atoms with van der Waals surface area (Å²) in [5.41, 5.74) is 0. The van der Waals surface area contributed by atoms with Crippen molar-refractivity contribution in [2.45, 2.75) is 129 Å². The normalized spacial score (nSPS) is 22.0. The number of hydrogen-bond donors (Lipinski definition) is 0. The molecule has 1 saturated heterocycles. The van der Waals surface area contributed by atoms with Crippen molar-refractivity contribution in [3.05, 3.63) is 12.2 Å². The minimum atomic E-state index is -4.26. The summed E-state index contributed by atoms with van der Waals surface area (Å²) in [6.45, 7) is 6.33. The molecule has 0 bridgehead atoms. The molecule has 0 aromatic rings. The van der Waals surface area contributed by atoms with Crippen LogP contribution in [0.4, 0.5) is 0 Å². The van der Waals surface area contributed by atoms with E-state index in [2.05, 4.69) is 40.1 Å². The van der Waals surface area contributed by atoms with Crippen molar-refractivity contribution in [3.8, 4) is 0 Å². The van der Waals surface area contributed by atoms with E-state index < -0.39 is 7.82 Å². The predicted molar refractivity (Wildman–Crippen MR) is 134 cm³/mol. The Kier molecular flexibility index (Phi) is 16.1. The first kappa shape index (κ1) is 29.8. The summed E-state index contributed by atoms with van der Waals surface area (Å²) < 4.78 is 24.5. The van der Waals surface area contributed by atoms with Crippen LogP contribution in [0.5, 0.6) is 0 Å². The van der Waals surface area contributed by atoms with Gasteiger partial charge in [0.05, 0.1) is 39.4 Å². The van der Waals surface area contributed by atoms with E-state index in [1.807, 2.05) is 0 Å². The molecule has 0 amide bonds. The summed E-state index contributed by atoms with van der Waals surface area (Å²) in [6, 6.07) is 0. The van der Waals surface area contributed by atoms with Gasteiger partial charge in [-0.3, -0.25) is 4.57 Å². The van der Waals surface area contributed by atoms with E-state index in [-0.39, 0.29) is 12.2 Å². The molecule has 1 aliphatic rings. The number of allylic oxidation sites excluding steroid dienone is 2. The first-order valence-electron chi connectivity index (χ1n) is 13.4. The highest BCUT2D eigenvalue weighted by Gasteiger charge is 2.28. The van der Waals surface area contributed by atoms with Gasteiger partial charge < -0.3 is 18.4 Å². The molecule has 3 unspecified atom stereocenters. The number of quaternary nitrogens is 1. The predicted octanol–water partition coefficient (Wildman–Crippen LogP) is 7.15. The average molecular weight is 474 g/mol. The Labute approximate surface area is 199 Å². The maximum absolute atomic E-state index is 12.5. The molecule has 0 saturated carbocycles. The lowest BCUT2D eigenvalue weighted by Gasteiger charge is -2.31. The number of hydrogen-bond acceptors (Lipinski definition) is 4. The second kappa shape index (κ2) is 17.3. The van der Waals surface area contributed by atoms with Gasteiger partial charge in [0.15, 0.2) is 0 Å². The van der Waals surface area contributed by atoms with E-state index in [0.717, 1.165) is 75.4 Å². The summed E-state index contributed by atoms with van der Waals surface area (Å²) in [5.74, 6) is 0. The molecular formula is C26H52NO4P. The number of phosphoric acid groups is 1. The van der Waals surface area contributed by atoms with Crippen LogP contribution >= 0.6 is 7.82 Å². The molecule has 0 spiro atoms. The highest BCUT2D eigenvalue weighted by atomic mass is 31.2. The molecule has 0 aromatic heterocycles. The van der Waals surface area contributed by atoms with Crippen LogP contribution in [-0.4, -0.2) is 43.9 Å². The summed E-state index contributed by atoms with van der Waals surface area (Å²) >= 11 is 0. The molecule has 190 valence electrons. The van der Waals surface area contributed by atoms with Crippen molar-refractivity contribution < 1.29 is 23.0 Å². The van der Waals surface area contributed by atoms with Crippen LogP contribution < -0.4 is 4.89 Å². The second-order valence-electron chi connectivity index (χ2n) is 10.3. The Morgan fingerprint density at radius 1 is 0.906 bits per heavy atom. The summed E-state index contributed by atoms with van der Waals surface area (Å²) in [6.07, 6.45) is 21.5. The van der Waals surface area contributed by atoms with Gasteiger partial charge in [-0.1, -0.05) is 70.9 Å². The molecule has 1 rings (SSSR count). The van der Waals surface area contributed by atoms with Crippen molar-refractivity contribution >= 4 is 7.82 Å². The largest absolute Gasteiger partial charge is 0.756 e. The van der Waals surface area contributed by atoms with Crippen LogP contribution in [0.15, 0.2) is 12.2 Å². The van der Waals surface area contributed by atoms with Crippen molar-refractivity contribution in [2.75, 3.05) is 27.2 Å². The number of nitrogens with zero attached hydrogens (tertiary/aromatic N) is 1. The lowest BCUT2D eigenvalue weighted by Crippen LogP contribution is -2.40. The molecular weight excluding hydrogens is 421 g/mol. The van der Waals surface area contributed by atoms with Crippen molar-refractivity contribution in [2.24, 2.45) is 0 Å². The smallest absolute Gasteiger partial charge is 0.268 e. The first-order valence-corrected chi connectivity index (χ1v) is 14.9. The number of unbranched alkanes of at least 4 members (excludes halogenated alkanes) is 8.